The number of amides is 1. The molecule has 27 heavy (non-hydrogen) atoms. The minimum Gasteiger partial charge on any atom is -0.495 e. The Balaban J connectivity index is 2.13. The van der Waals surface area contributed by atoms with Gasteiger partial charge in [0.25, 0.3) is 5.91 Å². The SMILES string of the molecule is CCCCOCc1cc(C(=O)Nc2ccc(OC)c(Cl)c2)ccc1OCC. The number of unbranched alkanes of at least 4 members (excludes halogenated alkanes) is 1. The van der Waals surface area contributed by atoms with Crippen molar-refractivity contribution in [3.05, 3.63) is 52.5 Å². The van der Waals surface area contributed by atoms with E-state index in [0.29, 0.717) is 41.8 Å². The maximum Gasteiger partial charge on any atom is 0.255 e. The van der Waals surface area contributed by atoms with Crippen molar-refractivity contribution in [1.82, 2.24) is 0 Å². The standard InChI is InChI=1S/C21H26ClNO4/c1-4-6-11-26-14-16-12-15(7-9-19(16)27-5-2)21(24)23-17-8-10-20(25-3)18(22)13-17/h7-10,12-13H,4-6,11,14H2,1-3H3,(H,23,24). The van der Waals surface area contributed by atoms with E-state index in [1.807, 2.05) is 6.92 Å². The Hall–Kier alpha value is -2.24. The molecule has 0 fully saturated rings. The molecular weight excluding hydrogens is 366 g/mol. The molecule has 0 spiro atoms. The number of halogens is 1. The molecular formula is C21H26ClNO4. The van der Waals surface area contributed by atoms with Crippen molar-refractivity contribution < 1.29 is 19.0 Å². The van der Waals surface area contributed by atoms with Crippen LogP contribution in [0.3, 0.4) is 0 Å². The number of anilines is 1. The van der Waals surface area contributed by atoms with Gasteiger partial charge in [0.05, 0.1) is 25.3 Å². The number of ether oxygens (including phenoxy) is 3. The monoisotopic (exact) mass is 391 g/mol. The highest BCUT2D eigenvalue weighted by atomic mass is 35.5. The van der Waals surface area contributed by atoms with Gasteiger partial charge in [0.2, 0.25) is 0 Å². The molecule has 1 amide bonds. The largest absolute Gasteiger partial charge is 0.495 e. The van der Waals surface area contributed by atoms with Crippen molar-refractivity contribution in [1.29, 1.82) is 0 Å². The fraction of sp³-hybridized carbons (Fsp3) is 0.381. The fourth-order valence-corrected chi connectivity index (χ4v) is 2.76. The first-order valence-corrected chi connectivity index (χ1v) is 9.45. The molecule has 0 aliphatic heterocycles. The number of carbonyl (C=O) groups is 1. The average Bonchev–Trinajstić information content (AvgIpc) is 2.66. The highest BCUT2D eigenvalue weighted by Gasteiger charge is 2.12. The quantitative estimate of drug-likeness (QED) is 0.557. The molecule has 0 aliphatic carbocycles. The van der Waals surface area contributed by atoms with E-state index < -0.39 is 0 Å². The van der Waals surface area contributed by atoms with Crippen LogP contribution in [0.4, 0.5) is 5.69 Å². The Morgan fingerprint density at radius 3 is 2.56 bits per heavy atom. The molecule has 2 rings (SSSR count). The number of hydrogen-bond acceptors (Lipinski definition) is 4. The van der Waals surface area contributed by atoms with Gasteiger partial charge in [0, 0.05) is 23.4 Å². The zero-order valence-corrected chi connectivity index (χ0v) is 16.8. The van der Waals surface area contributed by atoms with Crippen molar-refractivity contribution in [2.75, 3.05) is 25.6 Å². The third-order valence-electron chi connectivity index (χ3n) is 3.93. The van der Waals surface area contributed by atoms with Crippen LogP contribution in [-0.4, -0.2) is 26.2 Å². The predicted molar refractivity (Wildman–Crippen MR) is 108 cm³/mol. The van der Waals surface area contributed by atoms with Gasteiger partial charge in [-0.2, -0.15) is 0 Å². The van der Waals surface area contributed by atoms with E-state index >= 15 is 0 Å². The normalized spacial score (nSPS) is 10.5. The summed E-state index contributed by atoms with van der Waals surface area (Å²) in [5.41, 5.74) is 1.98. The van der Waals surface area contributed by atoms with Crippen LogP contribution in [0.1, 0.15) is 42.6 Å². The lowest BCUT2D eigenvalue weighted by Gasteiger charge is -2.13. The number of rotatable bonds is 10. The molecule has 0 saturated carbocycles. The minimum atomic E-state index is -0.228. The highest BCUT2D eigenvalue weighted by molar-refractivity contribution is 6.32. The summed E-state index contributed by atoms with van der Waals surface area (Å²) in [6.45, 7) is 5.69. The zero-order chi connectivity index (χ0) is 19.6. The summed E-state index contributed by atoms with van der Waals surface area (Å²) in [4.78, 5) is 12.6. The summed E-state index contributed by atoms with van der Waals surface area (Å²) >= 11 is 6.11. The Morgan fingerprint density at radius 1 is 1.11 bits per heavy atom. The Labute approximate surface area is 165 Å². The lowest BCUT2D eigenvalue weighted by atomic mass is 10.1. The first-order valence-electron chi connectivity index (χ1n) is 9.07. The smallest absolute Gasteiger partial charge is 0.255 e. The van der Waals surface area contributed by atoms with Crippen molar-refractivity contribution >= 4 is 23.2 Å². The molecule has 0 aromatic heterocycles. The van der Waals surface area contributed by atoms with Gasteiger partial charge in [-0.1, -0.05) is 24.9 Å². The third-order valence-corrected chi connectivity index (χ3v) is 4.23. The van der Waals surface area contributed by atoms with Crippen molar-refractivity contribution in [2.45, 2.75) is 33.3 Å². The summed E-state index contributed by atoms with van der Waals surface area (Å²) in [5.74, 6) is 1.06. The Morgan fingerprint density at radius 2 is 1.89 bits per heavy atom. The van der Waals surface area contributed by atoms with Gasteiger partial charge in [0.1, 0.15) is 11.5 Å². The summed E-state index contributed by atoms with van der Waals surface area (Å²) in [5, 5.41) is 3.28. The summed E-state index contributed by atoms with van der Waals surface area (Å²) in [7, 11) is 1.55. The van der Waals surface area contributed by atoms with Gasteiger partial charge in [0.15, 0.2) is 0 Å². The Bertz CT molecular complexity index is 764. The zero-order valence-electron chi connectivity index (χ0n) is 16.0. The van der Waals surface area contributed by atoms with Crippen LogP contribution in [0, 0.1) is 0 Å². The molecule has 0 heterocycles. The summed E-state index contributed by atoms with van der Waals surface area (Å²) in [6.07, 6.45) is 2.08. The van der Waals surface area contributed by atoms with E-state index in [2.05, 4.69) is 12.2 Å². The van der Waals surface area contributed by atoms with Crippen molar-refractivity contribution in [3.63, 3.8) is 0 Å². The molecule has 0 unspecified atom stereocenters. The average molecular weight is 392 g/mol. The third kappa shape index (κ3) is 6.15. The highest BCUT2D eigenvalue weighted by Crippen LogP contribution is 2.28. The van der Waals surface area contributed by atoms with Crippen LogP contribution in [-0.2, 0) is 11.3 Å². The van der Waals surface area contributed by atoms with E-state index in [1.54, 1.807) is 43.5 Å². The summed E-state index contributed by atoms with van der Waals surface area (Å²) < 4.78 is 16.5. The molecule has 2 aromatic carbocycles. The second-order valence-electron chi connectivity index (χ2n) is 5.97. The molecule has 2 aromatic rings. The molecule has 0 aliphatic rings. The maximum absolute atomic E-state index is 12.6. The van der Waals surface area contributed by atoms with Gasteiger partial charge in [-0.05, 0) is 49.7 Å². The number of methoxy groups -OCH3 is 1. The second-order valence-corrected chi connectivity index (χ2v) is 6.37. The van der Waals surface area contributed by atoms with E-state index in [0.717, 1.165) is 24.2 Å². The number of benzene rings is 2. The lowest BCUT2D eigenvalue weighted by molar-refractivity contribution is 0.102. The first kappa shape index (κ1) is 21.1. The van der Waals surface area contributed by atoms with Crippen LogP contribution < -0.4 is 14.8 Å². The van der Waals surface area contributed by atoms with Gasteiger partial charge in [-0.15, -0.1) is 0 Å². The topological polar surface area (TPSA) is 56.8 Å². The molecule has 1 N–H and O–H groups in total. The van der Waals surface area contributed by atoms with E-state index in [9.17, 15) is 4.79 Å². The van der Waals surface area contributed by atoms with Crippen LogP contribution in [0.15, 0.2) is 36.4 Å². The molecule has 146 valence electrons. The van der Waals surface area contributed by atoms with Gasteiger partial charge in [-0.25, -0.2) is 0 Å². The van der Waals surface area contributed by atoms with Crippen LogP contribution in [0.25, 0.3) is 0 Å². The van der Waals surface area contributed by atoms with Gasteiger partial charge < -0.3 is 19.5 Å². The van der Waals surface area contributed by atoms with Gasteiger partial charge >= 0.3 is 0 Å². The second kappa shape index (κ2) is 10.8. The first-order chi connectivity index (χ1) is 13.1. The molecule has 0 saturated heterocycles. The predicted octanol–water partition coefficient (Wildman–Crippen LogP) is 5.32. The van der Waals surface area contributed by atoms with Crippen molar-refractivity contribution in [3.8, 4) is 11.5 Å². The minimum absolute atomic E-state index is 0.228. The van der Waals surface area contributed by atoms with Crippen LogP contribution in [0.2, 0.25) is 5.02 Å². The van der Waals surface area contributed by atoms with E-state index in [4.69, 9.17) is 25.8 Å². The number of hydrogen-bond donors (Lipinski definition) is 1. The Kier molecular flexibility index (Phi) is 8.43. The fourth-order valence-electron chi connectivity index (χ4n) is 2.51. The summed E-state index contributed by atoms with van der Waals surface area (Å²) in [6, 6.07) is 10.5. The van der Waals surface area contributed by atoms with E-state index in [-0.39, 0.29) is 5.91 Å². The van der Waals surface area contributed by atoms with Crippen LogP contribution in [0.5, 0.6) is 11.5 Å². The van der Waals surface area contributed by atoms with Gasteiger partial charge in [-0.3, -0.25) is 4.79 Å². The number of nitrogens with one attached hydrogen (secondary N) is 1. The number of carbonyl (C=O) groups excluding carboxylic acids is 1. The molecule has 0 bridgehead atoms. The molecule has 5 nitrogen and oxygen atoms in total. The molecule has 6 heteroatoms. The lowest BCUT2D eigenvalue weighted by Crippen LogP contribution is -2.13. The van der Waals surface area contributed by atoms with Crippen molar-refractivity contribution in [2.24, 2.45) is 0 Å². The van der Waals surface area contributed by atoms with Crippen LogP contribution >= 0.6 is 11.6 Å². The molecule has 0 atom stereocenters. The molecule has 0 radical (unpaired) electrons. The maximum atomic E-state index is 12.6. The van der Waals surface area contributed by atoms with E-state index in [1.165, 1.54) is 0 Å².